The molecule has 1 rings (SSSR count). The molecule has 2 nitrogen and oxygen atoms in total. The summed E-state index contributed by atoms with van der Waals surface area (Å²) in [6, 6.07) is 6.16. The van der Waals surface area contributed by atoms with Gasteiger partial charge in [-0.25, -0.2) is 0 Å². The van der Waals surface area contributed by atoms with Crippen molar-refractivity contribution in [2.75, 3.05) is 18.8 Å². The molecule has 0 aromatic carbocycles. The Morgan fingerprint density at radius 2 is 1.85 bits per heavy atom. The highest BCUT2D eigenvalue weighted by Gasteiger charge is 2.29. The lowest BCUT2D eigenvalue weighted by Crippen LogP contribution is -2.39. The van der Waals surface area contributed by atoms with Crippen LogP contribution in [0.4, 0.5) is 0 Å². The molecule has 1 heterocycles. The highest BCUT2D eigenvalue weighted by atomic mass is 32.1. The van der Waals surface area contributed by atoms with Gasteiger partial charge in [-0.3, -0.25) is 9.88 Å². The minimum Gasteiger partial charge on any atom is -0.297 e. The van der Waals surface area contributed by atoms with Crippen molar-refractivity contribution in [3.8, 4) is 0 Å². The number of nitrogens with zero attached hydrogens (tertiary/aromatic N) is 2. The highest BCUT2D eigenvalue weighted by molar-refractivity contribution is 7.80. The second kappa shape index (κ2) is 9.41. The molecule has 0 atom stereocenters. The Morgan fingerprint density at radius 1 is 1.15 bits per heavy atom. The monoisotopic (exact) mass is 294 g/mol. The van der Waals surface area contributed by atoms with Crippen LogP contribution in [0.3, 0.4) is 0 Å². The fourth-order valence-electron chi connectivity index (χ4n) is 3.03. The molecule has 0 radical (unpaired) electrons. The fourth-order valence-corrected chi connectivity index (χ4v) is 3.44. The molecule has 3 heteroatoms. The zero-order valence-corrected chi connectivity index (χ0v) is 14.2. The first kappa shape index (κ1) is 17.5. The Hall–Kier alpha value is -0.540. The third kappa shape index (κ3) is 5.45. The molecular formula is C17H30N2S. The van der Waals surface area contributed by atoms with E-state index in [1.54, 1.807) is 0 Å². The molecule has 0 saturated carbocycles. The third-order valence-electron chi connectivity index (χ3n) is 4.01. The lowest BCUT2D eigenvalue weighted by Gasteiger charge is -2.37. The smallest absolute Gasteiger partial charge is 0.0543 e. The van der Waals surface area contributed by atoms with Crippen molar-refractivity contribution < 1.29 is 0 Å². The third-order valence-corrected chi connectivity index (χ3v) is 4.68. The van der Waals surface area contributed by atoms with Crippen molar-refractivity contribution in [1.82, 2.24) is 9.88 Å². The lowest BCUT2D eigenvalue weighted by molar-refractivity contribution is 0.144. The summed E-state index contributed by atoms with van der Waals surface area (Å²) >= 11 is 4.67. The van der Waals surface area contributed by atoms with Gasteiger partial charge >= 0.3 is 0 Å². The van der Waals surface area contributed by atoms with E-state index in [4.69, 9.17) is 0 Å². The van der Waals surface area contributed by atoms with Gasteiger partial charge in [0.1, 0.15) is 0 Å². The van der Waals surface area contributed by atoms with E-state index >= 15 is 0 Å². The molecule has 1 aromatic rings. The summed E-state index contributed by atoms with van der Waals surface area (Å²) in [5, 5.41) is 0. The maximum atomic E-state index is 4.67. The maximum absolute atomic E-state index is 4.67. The average molecular weight is 295 g/mol. The van der Waals surface area contributed by atoms with E-state index in [9.17, 15) is 0 Å². The molecule has 0 spiro atoms. The number of pyridine rings is 1. The van der Waals surface area contributed by atoms with Crippen molar-refractivity contribution in [1.29, 1.82) is 0 Å². The van der Waals surface area contributed by atoms with Gasteiger partial charge in [-0.1, -0.05) is 39.7 Å². The van der Waals surface area contributed by atoms with E-state index in [1.807, 2.05) is 12.3 Å². The Balaban J connectivity index is 2.72. The van der Waals surface area contributed by atoms with Gasteiger partial charge in [0, 0.05) is 19.3 Å². The molecule has 0 aliphatic heterocycles. The van der Waals surface area contributed by atoms with Crippen LogP contribution in [0.5, 0.6) is 0 Å². The van der Waals surface area contributed by atoms with Gasteiger partial charge < -0.3 is 0 Å². The summed E-state index contributed by atoms with van der Waals surface area (Å²) < 4.78 is 0. The summed E-state index contributed by atoms with van der Waals surface area (Å²) in [6.07, 6.45) is 6.89. The minimum atomic E-state index is 0.359. The van der Waals surface area contributed by atoms with Gasteiger partial charge in [0.05, 0.1) is 5.69 Å². The number of aromatic nitrogens is 1. The van der Waals surface area contributed by atoms with Crippen LogP contribution in [0, 0.1) is 5.41 Å². The first-order valence-corrected chi connectivity index (χ1v) is 8.56. The minimum absolute atomic E-state index is 0.359. The van der Waals surface area contributed by atoms with Gasteiger partial charge in [0.2, 0.25) is 0 Å². The van der Waals surface area contributed by atoms with E-state index in [2.05, 4.69) is 55.4 Å². The van der Waals surface area contributed by atoms with Gasteiger partial charge in [0.15, 0.2) is 0 Å². The first-order chi connectivity index (χ1) is 9.69. The van der Waals surface area contributed by atoms with Crippen LogP contribution in [0.25, 0.3) is 0 Å². The fraction of sp³-hybridized carbons (Fsp3) is 0.706. The van der Waals surface area contributed by atoms with Gasteiger partial charge in [-0.2, -0.15) is 12.6 Å². The summed E-state index contributed by atoms with van der Waals surface area (Å²) in [7, 11) is 0. The van der Waals surface area contributed by atoms with Crippen LogP contribution >= 0.6 is 12.6 Å². The summed E-state index contributed by atoms with van der Waals surface area (Å²) in [6.45, 7) is 9.95. The quantitative estimate of drug-likeness (QED) is 0.643. The Bertz CT molecular complexity index is 347. The van der Waals surface area contributed by atoms with E-state index in [0.717, 1.165) is 31.1 Å². The molecule has 1 aromatic heterocycles. The maximum Gasteiger partial charge on any atom is 0.0543 e. The van der Waals surface area contributed by atoms with E-state index in [1.165, 1.54) is 25.7 Å². The molecule has 0 aliphatic carbocycles. The van der Waals surface area contributed by atoms with Crippen molar-refractivity contribution in [3.63, 3.8) is 0 Å². The molecule has 114 valence electrons. The highest BCUT2D eigenvalue weighted by Crippen LogP contribution is 2.32. The molecule has 0 unspecified atom stereocenters. The summed E-state index contributed by atoms with van der Waals surface area (Å²) in [5.41, 5.74) is 1.52. The van der Waals surface area contributed by atoms with Crippen LogP contribution < -0.4 is 0 Å². The Morgan fingerprint density at radius 3 is 2.30 bits per heavy atom. The number of hydrogen-bond acceptors (Lipinski definition) is 3. The van der Waals surface area contributed by atoms with Crippen LogP contribution in [-0.4, -0.2) is 28.7 Å². The number of thiol groups is 1. The standard InChI is InChI=1S/C17H30N2S/c1-4-10-17(15-20,11-5-2)14-19(6-3)13-16-9-7-8-12-18-16/h7-9,12,20H,4-6,10-11,13-15H2,1-3H3. The SMILES string of the molecule is CCCC(CS)(CCC)CN(CC)Cc1ccccn1. The predicted molar refractivity (Wildman–Crippen MR) is 91.3 cm³/mol. The molecule has 0 fully saturated rings. The van der Waals surface area contributed by atoms with Crippen molar-refractivity contribution in [2.45, 2.75) is 53.0 Å². The predicted octanol–water partition coefficient (Wildman–Crippen LogP) is 4.42. The second-order valence-corrected chi connectivity index (χ2v) is 6.10. The van der Waals surface area contributed by atoms with Crippen LogP contribution in [0.1, 0.15) is 52.1 Å². The average Bonchev–Trinajstić information content (AvgIpc) is 2.48. The van der Waals surface area contributed by atoms with Crippen molar-refractivity contribution in [2.24, 2.45) is 5.41 Å². The van der Waals surface area contributed by atoms with E-state index < -0.39 is 0 Å². The zero-order chi connectivity index (χ0) is 14.8. The first-order valence-electron chi connectivity index (χ1n) is 7.92. The van der Waals surface area contributed by atoms with Gasteiger partial charge in [-0.05, 0) is 42.7 Å². The molecule has 0 aliphatic rings. The van der Waals surface area contributed by atoms with Crippen LogP contribution in [-0.2, 0) is 6.54 Å². The molecule has 0 amide bonds. The largest absolute Gasteiger partial charge is 0.297 e. The Kier molecular flexibility index (Phi) is 8.24. The second-order valence-electron chi connectivity index (χ2n) is 5.78. The molecule has 0 bridgehead atoms. The van der Waals surface area contributed by atoms with E-state index in [-0.39, 0.29) is 0 Å². The van der Waals surface area contributed by atoms with Gasteiger partial charge in [0.25, 0.3) is 0 Å². The molecule has 0 saturated heterocycles. The summed E-state index contributed by atoms with van der Waals surface area (Å²) in [4.78, 5) is 6.97. The normalized spacial score (nSPS) is 12.1. The van der Waals surface area contributed by atoms with Gasteiger partial charge in [-0.15, -0.1) is 0 Å². The van der Waals surface area contributed by atoms with Crippen molar-refractivity contribution in [3.05, 3.63) is 30.1 Å². The lowest BCUT2D eigenvalue weighted by atomic mass is 9.80. The molecule has 20 heavy (non-hydrogen) atoms. The van der Waals surface area contributed by atoms with Crippen LogP contribution in [0.15, 0.2) is 24.4 Å². The summed E-state index contributed by atoms with van der Waals surface area (Å²) in [5.74, 6) is 0.980. The molecule has 0 N–H and O–H groups in total. The van der Waals surface area contributed by atoms with Crippen LogP contribution in [0.2, 0.25) is 0 Å². The zero-order valence-electron chi connectivity index (χ0n) is 13.3. The molecular weight excluding hydrogens is 264 g/mol. The number of rotatable bonds is 10. The van der Waals surface area contributed by atoms with Crippen molar-refractivity contribution >= 4 is 12.6 Å². The topological polar surface area (TPSA) is 16.1 Å². The Labute approximate surface area is 130 Å². The number of hydrogen-bond donors (Lipinski definition) is 1. The van der Waals surface area contributed by atoms with E-state index in [0.29, 0.717) is 5.41 Å².